The first-order valence-corrected chi connectivity index (χ1v) is 8.32. The molecule has 0 spiro atoms. The van der Waals surface area contributed by atoms with Gasteiger partial charge in [-0.1, -0.05) is 47.5 Å². The molecule has 1 aliphatic rings. The highest BCUT2D eigenvalue weighted by Gasteiger charge is 2.23. The van der Waals surface area contributed by atoms with Gasteiger partial charge >= 0.3 is 0 Å². The highest BCUT2D eigenvalue weighted by atomic mass is 35.5. The summed E-state index contributed by atoms with van der Waals surface area (Å²) in [7, 11) is 0. The summed E-state index contributed by atoms with van der Waals surface area (Å²) in [6.07, 6.45) is 1.72. The van der Waals surface area contributed by atoms with Crippen molar-refractivity contribution < 1.29 is 0 Å². The van der Waals surface area contributed by atoms with Gasteiger partial charge in [-0.25, -0.2) is 4.68 Å². The van der Waals surface area contributed by atoms with Gasteiger partial charge in [-0.15, -0.1) is 0 Å². The number of benzene rings is 2. The van der Waals surface area contributed by atoms with Gasteiger partial charge in [0, 0.05) is 28.6 Å². The molecule has 0 amide bonds. The van der Waals surface area contributed by atoms with Crippen molar-refractivity contribution in [3.63, 3.8) is 0 Å². The van der Waals surface area contributed by atoms with Crippen LogP contribution in [0.2, 0.25) is 10.0 Å². The third-order valence-electron chi connectivity index (χ3n) is 4.10. The van der Waals surface area contributed by atoms with Gasteiger partial charge in [-0.05, 0) is 36.2 Å². The molecule has 2 heterocycles. The zero-order valence-electron chi connectivity index (χ0n) is 12.4. The molecule has 116 valence electrons. The monoisotopic (exact) mass is 343 g/mol. The third-order valence-corrected chi connectivity index (χ3v) is 4.71. The summed E-state index contributed by atoms with van der Waals surface area (Å²) >= 11 is 12.4. The first-order chi connectivity index (χ1) is 11.2. The molecule has 0 bridgehead atoms. The Morgan fingerprint density at radius 1 is 1.09 bits per heavy atom. The molecule has 0 atom stereocenters. The lowest BCUT2D eigenvalue weighted by atomic mass is 10.1. The van der Waals surface area contributed by atoms with E-state index in [1.54, 1.807) is 0 Å². The van der Waals surface area contributed by atoms with Crippen molar-refractivity contribution in [1.82, 2.24) is 9.78 Å². The van der Waals surface area contributed by atoms with Gasteiger partial charge in [0.25, 0.3) is 0 Å². The van der Waals surface area contributed by atoms with Gasteiger partial charge in [0.1, 0.15) is 5.82 Å². The van der Waals surface area contributed by atoms with Gasteiger partial charge < -0.3 is 5.32 Å². The molecule has 1 aliphatic heterocycles. The SMILES string of the molecule is Clc1cccc(-n2nc(Cc3ccccc3Cl)c3c2NCC3)c1. The predicted molar refractivity (Wildman–Crippen MR) is 95.0 cm³/mol. The average molecular weight is 344 g/mol. The lowest BCUT2D eigenvalue weighted by Gasteiger charge is -2.06. The largest absolute Gasteiger partial charge is 0.369 e. The standard InChI is InChI=1S/C18H15Cl2N3/c19-13-5-3-6-14(11-13)23-18-15(8-9-21-18)17(22-23)10-12-4-1-2-7-16(12)20/h1-7,11,21H,8-10H2. The molecular weight excluding hydrogens is 329 g/mol. The maximum Gasteiger partial charge on any atom is 0.133 e. The fourth-order valence-corrected chi connectivity index (χ4v) is 3.39. The highest BCUT2D eigenvalue weighted by molar-refractivity contribution is 6.31. The van der Waals surface area contributed by atoms with Gasteiger partial charge in [-0.3, -0.25) is 0 Å². The van der Waals surface area contributed by atoms with Crippen LogP contribution in [0, 0.1) is 0 Å². The molecule has 0 saturated heterocycles. The Kier molecular flexibility index (Phi) is 3.76. The molecule has 0 fully saturated rings. The number of rotatable bonds is 3. The second-order valence-electron chi connectivity index (χ2n) is 5.61. The minimum Gasteiger partial charge on any atom is -0.369 e. The lowest BCUT2D eigenvalue weighted by molar-refractivity contribution is 0.840. The molecule has 23 heavy (non-hydrogen) atoms. The van der Waals surface area contributed by atoms with E-state index in [1.807, 2.05) is 47.1 Å². The summed E-state index contributed by atoms with van der Waals surface area (Å²) < 4.78 is 1.94. The fourth-order valence-electron chi connectivity index (χ4n) is 3.00. The number of nitrogens with zero attached hydrogens (tertiary/aromatic N) is 2. The van der Waals surface area contributed by atoms with Crippen molar-refractivity contribution >= 4 is 29.0 Å². The Morgan fingerprint density at radius 3 is 2.78 bits per heavy atom. The van der Waals surface area contributed by atoms with Crippen LogP contribution in [-0.4, -0.2) is 16.3 Å². The third kappa shape index (κ3) is 2.71. The van der Waals surface area contributed by atoms with E-state index in [2.05, 4.69) is 11.4 Å². The van der Waals surface area contributed by atoms with Crippen LogP contribution in [0.3, 0.4) is 0 Å². The summed E-state index contributed by atoms with van der Waals surface area (Å²) in [5, 5.41) is 9.74. The molecule has 0 unspecified atom stereocenters. The Morgan fingerprint density at radius 2 is 1.96 bits per heavy atom. The number of nitrogens with one attached hydrogen (secondary N) is 1. The van der Waals surface area contributed by atoms with E-state index >= 15 is 0 Å². The van der Waals surface area contributed by atoms with Crippen LogP contribution in [0.25, 0.3) is 5.69 Å². The van der Waals surface area contributed by atoms with E-state index < -0.39 is 0 Å². The normalized spacial score (nSPS) is 13.0. The number of hydrogen-bond donors (Lipinski definition) is 1. The maximum absolute atomic E-state index is 6.30. The van der Waals surface area contributed by atoms with E-state index in [-0.39, 0.29) is 0 Å². The maximum atomic E-state index is 6.30. The first kappa shape index (κ1) is 14.6. The molecule has 1 aromatic heterocycles. The minimum atomic E-state index is 0.706. The average Bonchev–Trinajstić information content (AvgIpc) is 3.13. The van der Waals surface area contributed by atoms with Crippen molar-refractivity contribution in [3.8, 4) is 5.69 Å². The van der Waals surface area contributed by atoms with Gasteiger partial charge in [0.05, 0.1) is 11.4 Å². The smallest absolute Gasteiger partial charge is 0.133 e. The molecule has 0 saturated carbocycles. The first-order valence-electron chi connectivity index (χ1n) is 7.56. The van der Waals surface area contributed by atoms with Crippen LogP contribution >= 0.6 is 23.2 Å². The Balaban J connectivity index is 1.78. The lowest BCUT2D eigenvalue weighted by Crippen LogP contribution is -2.05. The zero-order chi connectivity index (χ0) is 15.8. The quantitative estimate of drug-likeness (QED) is 0.744. The van der Waals surface area contributed by atoms with E-state index in [9.17, 15) is 0 Å². The zero-order valence-corrected chi connectivity index (χ0v) is 13.9. The Bertz CT molecular complexity index is 870. The van der Waals surface area contributed by atoms with Gasteiger partial charge in [-0.2, -0.15) is 5.10 Å². The summed E-state index contributed by atoms with van der Waals surface area (Å²) in [5.74, 6) is 1.06. The van der Waals surface area contributed by atoms with Crippen LogP contribution in [0.4, 0.5) is 5.82 Å². The summed E-state index contributed by atoms with van der Waals surface area (Å²) in [5.41, 5.74) is 4.40. The number of anilines is 1. The molecule has 1 N–H and O–H groups in total. The molecule has 2 aromatic carbocycles. The van der Waals surface area contributed by atoms with Gasteiger partial charge in [0.2, 0.25) is 0 Å². The van der Waals surface area contributed by atoms with E-state index in [4.69, 9.17) is 28.3 Å². The summed E-state index contributed by atoms with van der Waals surface area (Å²) in [6, 6.07) is 15.7. The molecule has 4 rings (SSSR count). The molecule has 0 aliphatic carbocycles. The number of aromatic nitrogens is 2. The number of halogens is 2. The highest BCUT2D eigenvalue weighted by Crippen LogP contribution is 2.31. The second-order valence-corrected chi connectivity index (χ2v) is 6.45. The predicted octanol–water partition coefficient (Wildman–Crippen LogP) is 4.74. The molecule has 0 radical (unpaired) electrons. The van der Waals surface area contributed by atoms with E-state index in [0.717, 1.165) is 47.2 Å². The van der Waals surface area contributed by atoms with Crippen molar-refractivity contribution in [2.24, 2.45) is 0 Å². The molecule has 5 heteroatoms. The molecular formula is C18H15Cl2N3. The van der Waals surface area contributed by atoms with Crippen LogP contribution in [-0.2, 0) is 12.8 Å². The van der Waals surface area contributed by atoms with Crippen molar-refractivity contribution in [2.75, 3.05) is 11.9 Å². The second kappa shape index (κ2) is 5.91. The van der Waals surface area contributed by atoms with Crippen LogP contribution in [0.1, 0.15) is 16.8 Å². The van der Waals surface area contributed by atoms with Crippen LogP contribution in [0.5, 0.6) is 0 Å². The number of hydrogen-bond acceptors (Lipinski definition) is 2. The Labute approximate surface area is 144 Å². The summed E-state index contributed by atoms with van der Waals surface area (Å²) in [4.78, 5) is 0. The van der Waals surface area contributed by atoms with Crippen molar-refractivity contribution in [2.45, 2.75) is 12.8 Å². The molecule has 3 nitrogen and oxygen atoms in total. The fraction of sp³-hybridized carbons (Fsp3) is 0.167. The number of fused-ring (bicyclic) bond motifs is 1. The van der Waals surface area contributed by atoms with E-state index in [1.165, 1.54) is 5.56 Å². The van der Waals surface area contributed by atoms with Gasteiger partial charge in [0.15, 0.2) is 0 Å². The van der Waals surface area contributed by atoms with Crippen LogP contribution in [0.15, 0.2) is 48.5 Å². The summed E-state index contributed by atoms with van der Waals surface area (Å²) in [6.45, 7) is 0.934. The Hall–Kier alpha value is -1.97. The topological polar surface area (TPSA) is 29.9 Å². The van der Waals surface area contributed by atoms with Crippen molar-refractivity contribution in [3.05, 3.63) is 75.4 Å². The minimum absolute atomic E-state index is 0.706. The van der Waals surface area contributed by atoms with E-state index in [0.29, 0.717) is 5.02 Å². The van der Waals surface area contributed by atoms with Crippen molar-refractivity contribution in [1.29, 1.82) is 0 Å². The molecule has 3 aromatic rings. The van der Waals surface area contributed by atoms with Crippen LogP contribution < -0.4 is 5.32 Å².